The lowest BCUT2D eigenvalue weighted by atomic mass is 9.83. The molecule has 9 heteroatoms. The predicted octanol–water partition coefficient (Wildman–Crippen LogP) is 14.0. The van der Waals surface area contributed by atoms with Crippen LogP contribution in [0.25, 0.3) is 17.0 Å². The first-order valence-electron chi connectivity index (χ1n) is 22.8. The number of hydrogen-bond acceptors (Lipinski definition) is 9. The summed E-state index contributed by atoms with van der Waals surface area (Å²) in [6.07, 6.45) is 37.8. The number of aromatic nitrogens is 3. The Bertz CT molecular complexity index is 2640. The first kappa shape index (κ1) is 38.2. The topological polar surface area (TPSA) is 68.9 Å². The molecule has 0 radical (unpaired) electrons. The number of anilines is 3. The number of allylic oxidation sites excluding steroid dienone is 13. The molecule has 6 nitrogen and oxygen atoms in total. The van der Waals surface area contributed by atoms with Crippen LogP contribution in [0.1, 0.15) is 119 Å². The number of para-hydroxylation sites is 1. The van der Waals surface area contributed by atoms with E-state index in [9.17, 15) is 5.26 Å². The van der Waals surface area contributed by atoms with Crippen LogP contribution in [0.2, 0.25) is 0 Å². The van der Waals surface area contributed by atoms with E-state index in [4.69, 9.17) is 15.0 Å². The molecule has 1 fully saturated rings. The highest BCUT2D eigenvalue weighted by Gasteiger charge is 2.41. The highest BCUT2D eigenvalue weighted by atomic mass is 32.2. The Hall–Kier alpha value is -4.49. The largest absolute Gasteiger partial charge is 0.335 e. The fourth-order valence-electron chi connectivity index (χ4n) is 11.2. The maximum Gasteiger partial charge on any atom is 0.165 e. The van der Waals surface area contributed by atoms with Gasteiger partial charge in [-0.15, -0.1) is 23.5 Å². The van der Waals surface area contributed by atoms with E-state index in [1.165, 1.54) is 63.1 Å². The average Bonchev–Trinajstić information content (AvgIpc) is 3.71. The minimum Gasteiger partial charge on any atom is -0.335 e. The maximum absolute atomic E-state index is 11.3. The fraction of sp³-hybridized carbons (Fsp3) is 0.385. The molecule has 0 N–H and O–H groups in total. The third-order valence-electron chi connectivity index (χ3n) is 14.1. The quantitative estimate of drug-likeness (QED) is 0.233. The minimum atomic E-state index is 0.201. The molecule has 12 rings (SSSR count). The first-order valence-corrected chi connectivity index (χ1v) is 25.4. The van der Waals surface area contributed by atoms with E-state index in [1.807, 2.05) is 11.8 Å². The zero-order valence-corrected chi connectivity index (χ0v) is 37.0. The van der Waals surface area contributed by atoms with E-state index >= 15 is 0 Å². The van der Waals surface area contributed by atoms with Crippen LogP contribution in [0.4, 0.5) is 17.1 Å². The van der Waals surface area contributed by atoms with Crippen molar-refractivity contribution in [3.05, 3.63) is 140 Å². The lowest BCUT2D eigenvalue weighted by molar-refractivity contribution is 0.578. The van der Waals surface area contributed by atoms with Gasteiger partial charge in [0.05, 0.1) is 34.4 Å². The van der Waals surface area contributed by atoms with Crippen molar-refractivity contribution in [2.75, 3.05) is 9.80 Å². The lowest BCUT2D eigenvalue weighted by Gasteiger charge is -2.47. The smallest absolute Gasteiger partial charge is 0.165 e. The average molecular weight is 855 g/mol. The van der Waals surface area contributed by atoms with Crippen LogP contribution in [0.3, 0.4) is 0 Å². The Morgan fingerprint density at radius 2 is 1.66 bits per heavy atom. The Balaban J connectivity index is 1.11. The maximum atomic E-state index is 11.3. The van der Waals surface area contributed by atoms with Crippen LogP contribution in [0.15, 0.2) is 128 Å². The molecule has 0 spiro atoms. The van der Waals surface area contributed by atoms with Crippen LogP contribution in [0, 0.1) is 17.2 Å². The van der Waals surface area contributed by atoms with Crippen molar-refractivity contribution in [3.8, 4) is 17.5 Å². The van der Waals surface area contributed by atoms with Crippen molar-refractivity contribution in [1.82, 2.24) is 15.0 Å². The number of hydrogen-bond donors (Lipinski definition) is 0. The van der Waals surface area contributed by atoms with Gasteiger partial charge in [-0.2, -0.15) is 5.26 Å². The number of nitrogens with zero attached hydrogens (tertiary/aromatic N) is 6. The van der Waals surface area contributed by atoms with E-state index in [2.05, 4.69) is 130 Å². The van der Waals surface area contributed by atoms with Crippen LogP contribution < -0.4 is 9.80 Å². The lowest BCUT2D eigenvalue weighted by Crippen LogP contribution is -2.46. The molecule has 0 amide bonds. The first-order chi connectivity index (χ1) is 30.2. The molecule has 2 aromatic carbocycles. The standard InChI is InChI=1S/C52H50N6S3/c53-31-33-29-37(52-55-50(32-15-2-1-3-16-32)54-51(56-52)36-19-14-18-35-34-17-4-9-24-44(34)61-49(35)36)43(58-40-22-7-12-27-47(40)60-48-28-13-8-23-41(48)58)30-42(33)57-38-20-5-10-25-45(38)59-46-26-11-6-21-39(46)57/h1-2,5,7-8,12,14,17,19-20,22-23,27,29-30,32,35,38,44-45H,3-4,6,9-11,13,15-16,18,21,24-26,28H2. The third kappa shape index (κ3) is 6.66. The van der Waals surface area contributed by atoms with Gasteiger partial charge in [0.2, 0.25) is 0 Å². The van der Waals surface area contributed by atoms with Gasteiger partial charge < -0.3 is 9.80 Å². The fourth-order valence-corrected chi connectivity index (χ4v) is 15.6. The van der Waals surface area contributed by atoms with Gasteiger partial charge in [-0.05, 0) is 127 Å². The van der Waals surface area contributed by atoms with Gasteiger partial charge in [-0.25, -0.2) is 15.0 Å². The Labute approximate surface area is 372 Å². The summed E-state index contributed by atoms with van der Waals surface area (Å²) in [5.41, 5.74) is 10.2. The highest BCUT2D eigenvalue weighted by molar-refractivity contribution is 8.04. The molecule has 3 aliphatic heterocycles. The monoisotopic (exact) mass is 854 g/mol. The molecule has 6 aliphatic carbocycles. The van der Waals surface area contributed by atoms with E-state index < -0.39 is 0 Å². The van der Waals surface area contributed by atoms with E-state index in [1.54, 1.807) is 5.57 Å². The number of benzene rings is 2. The van der Waals surface area contributed by atoms with Gasteiger partial charge in [-0.1, -0.05) is 78.1 Å². The second-order valence-electron chi connectivity index (χ2n) is 17.8. The molecule has 61 heavy (non-hydrogen) atoms. The molecule has 1 saturated heterocycles. The van der Waals surface area contributed by atoms with Crippen molar-refractivity contribution in [2.45, 2.75) is 124 Å². The number of rotatable bonds is 5. The molecule has 9 aliphatic rings. The Morgan fingerprint density at radius 3 is 2.59 bits per heavy atom. The van der Waals surface area contributed by atoms with Gasteiger partial charge in [0.25, 0.3) is 0 Å². The molecule has 1 aromatic heterocycles. The summed E-state index contributed by atoms with van der Waals surface area (Å²) in [5.74, 6) is 2.93. The van der Waals surface area contributed by atoms with Crippen LogP contribution in [-0.2, 0) is 0 Å². The van der Waals surface area contributed by atoms with Gasteiger partial charge in [0.15, 0.2) is 11.6 Å². The SMILES string of the molecule is N#Cc1cc(-c2nc(C3=C4SC5CCCC=C5C4CC=C3)nc(C3CC=CCC3)n2)c(N2C3=C(CCC=C3)Sc3ccccc32)cc1N1C2=C(CCCC2)SC2CCC=CC21. The Morgan fingerprint density at radius 1 is 0.738 bits per heavy atom. The summed E-state index contributed by atoms with van der Waals surface area (Å²) in [4.78, 5) is 27.2. The molecular weight excluding hydrogens is 805 g/mol. The molecule has 3 aromatic rings. The zero-order chi connectivity index (χ0) is 40.4. The van der Waals surface area contributed by atoms with Crippen LogP contribution >= 0.6 is 35.3 Å². The van der Waals surface area contributed by atoms with Crippen molar-refractivity contribution in [1.29, 1.82) is 5.26 Å². The van der Waals surface area contributed by atoms with Crippen molar-refractivity contribution in [3.63, 3.8) is 0 Å². The van der Waals surface area contributed by atoms with Gasteiger partial charge >= 0.3 is 0 Å². The summed E-state index contributed by atoms with van der Waals surface area (Å²) in [6.45, 7) is 0. The Kier molecular flexibility index (Phi) is 10.0. The summed E-state index contributed by atoms with van der Waals surface area (Å²) in [5, 5.41) is 12.4. The number of fused-ring (bicyclic) bond motifs is 5. The molecule has 0 saturated carbocycles. The summed E-state index contributed by atoms with van der Waals surface area (Å²) in [6, 6.07) is 16.3. The molecule has 4 heterocycles. The second-order valence-corrected chi connectivity index (χ2v) is 21.5. The molecule has 5 atom stereocenters. The van der Waals surface area contributed by atoms with Crippen molar-refractivity contribution in [2.24, 2.45) is 5.92 Å². The summed E-state index contributed by atoms with van der Waals surface area (Å²) < 4.78 is 0. The highest BCUT2D eigenvalue weighted by Crippen LogP contribution is 2.57. The second kappa shape index (κ2) is 16.0. The molecule has 5 unspecified atom stereocenters. The molecule has 0 bridgehead atoms. The van der Waals surface area contributed by atoms with Gasteiger partial charge in [-0.3, -0.25) is 0 Å². The molecular formula is C52H50N6S3. The van der Waals surface area contributed by atoms with E-state index in [0.29, 0.717) is 27.8 Å². The van der Waals surface area contributed by atoms with E-state index in [-0.39, 0.29) is 12.0 Å². The van der Waals surface area contributed by atoms with Crippen molar-refractivity contribution < 1.29 is 0 Å². The normalized spacial score (nSPS) is 27.5. The van der Waals surface area contributed by atoms with Crippen LogP contribution in [0.5, 0.6) is 0 Å². The van der Waals surface area contributed by atoms with Gasteiger partial charge in [0.1, 0.15) is 11.9 Å². The number of nitriles is 1. The summed E-state index contributed by atoms with van der Waals surface area (Å²) >= 11 is 6.09. The van der Waals surface area contributed by atoms with Crippen LogP contribution in [-0.4, -0.2) is 31.5 Å². The van der Waals surface area contributed by atoms with Crippen molar-refractivity contribution >= 4 is 57.9 Å². The number of thioether (sulfide) groups is 3. The third-order valence-corrected chi connectivity index (χ3v) is 18.4. The van der Waals surface area contributed by atoms with E-state index in [0.717, 1.165) is 104 Å². The zero-order valence-electron chi connectivity index (χ0n) is 34.6. The summed E-state index contributed by atoms with van der Waals surface area (Å²) in [7, 11) is 0. The molecule has 306 valence electrons. The predicted molar refractivity (Wildman–Crippen MR) is 255 cm³/mol. The van der Waals surface area contributed by atoms with Gasteiger partial charge in [0, 0.05) is 58.8 Å². The minimum absolute atomic E-state index is 0.201.